The Bertz CT molecular complexity index is 691. The van der Waals surface area contributed by atoms with Gasteiger partial charge in [0.25, 0.3) is 0 Å². The molecule has 0 unspecified atom stereocenters. The molecule has 0 radical (unpaired) electrons. The number of rotatable bonds is 4. The second-order valence-corrected chi connectivity index (χ2v) is 6.59. The Hall–Kier alpha value is -1.16. The van der Waals surface area contributed by atoms with Crippen LogP contribution in [0.4, 0.5) is 0 Å². The molecule has 0 atom stereocenters. The quantitative estimate of drug-likeness (QED) is 0.382. The largest absolute Gasteiger partial charge is 0.478 e. The van der Waals surface area contributed by atoms with Crippen LogP contribution in [0.3, 0.4) is 0 Å². The average molecular weight is 507 g/mol. The summed E-state index contributed by atoms with van der Waals surface area (Å²) in [6.45, 7) is 2.07. The molecule has 2 rings (SSSR count). The first-order valence-corrected chi connectivity index (χ1v) is 8.12. The number of carboxylic acids is 1. The highest BCUT2D eigenvalue weighted by Gasteiger charge is 2.04. The second kappa shape index (κ2) is 7.21. The summed E-state index contributed by atoms with van der Waals surface area (Å²) in [5.41, 5.74) is 2.34. The van der Waals surface area contributed by atoms with Crippen LogP contribution in [0.1, 0.15) is 21.5 Å². The number of oxime groups is 1. The summed E-state index contributed by atoms with van der Waals surface area (Å²) in [4.78, 5) is 16.1. The molecule has 2 aromatic carbocycles. The number of carbonyl (C=O) groups is 1. The Kier molecular flexibility index (Phi) is 5.57. The van der Waals surface area contributed by atoms with Crippen molar-refractivity contribution in [1.29, 1.82) is 0 Å². The molecule has 0 aliphatic rings. The first-order chi connectivity index (χ1) is 9.97. The normalized spacial score (nSPS) is 10.8. The zero-order valence-corrected chi connectivity index (χ0v) is 15.3. The van der Waals surface area contributed by atoms with Crippen molar-refractivity contribution in [3.63, 3.8) is 0 Å². The number of aromatic carboxylic acids is 1. The lowest BCUT2D eigenvalue weighted by Crippen LogP contribution is -1.96. The van der Waals surface area contributed by atoms with E-state index in [1.54, 1.807) is 18.3 Å². The maximum atomic E-state index is 10.9. The van der Waals surface area contributed by atoms with Gasteiger partial charge in [0, 0.05) is 7.14 Å². The number of halogens is 2. The van der Waals surface area contributed by atoms with Gasteiger partial charge in [-0.25, -0.2) is 4.79 Å². The molecule has 0 saturated carbocycles. The third kappa shape index (κ3) is 4.40. The van der Waals surface area contributed by atoms with E-state index in [1.807, 2.05) is 12.1 Å². The minimum absolute atomic E-state index is 0.169. The second-order valence-electron chi connectivity index (χ2n) is 4.27. The summed E-state index contributed by atoms with van der Waals surface area (Å²) in [7, 11) is 0. The van der Waals surface area contributed by atoms with Crippen molar-refractivity contribution in [2.24, 2.45) is 5.16 Å². The molecule has 0 amide bonds. The van der Waals surface area contributed by atoms with Gasteiger partial charge in [0.15, 0.2) is 5.75 Å². The maximum Gasteiger partial charge on any atom is 0.335 e. The highest BCUT2D eigenvalue weighted by Crippen LogP contribution is 2.20. The molecule has 0 saturated heterocycles. The SMILES string of the molecule is Cc1c(I)cc(/C=N\Oc2cccc(C(=O)O)c2)cc1I. The van der Waals surface area contributed by atoms with Gasteiger partial charge in [0.1, 0.15) is 0 Å². The predicted octanol–water partition coefficient (Wildman–Crippen LogP) is 4.32. The topological polar surface area (TPSA) is 58.9 Å². The van der Waals surface area contributed by atoms with Crippen molar-refractivity contribution >= 4 is 57.4 Å². The van der Waals surface area contributed by atoms with Gasteiger partial charge in [0.05, 0.1) is 11.8 Å². The molecule has 0 fully saturated rings. The van der Waals surface area contributed by atoms with Gasteiger partial charge in [0.2, 0.25) is 0 Å². The molecule has 108 valence electrons. The van der Waals surface area contributed by atoms with E-state index in [4.69, 9.17) is 9.94 Å². The first kappa shape index (κ1) is 16.2. The highest BCUT2D eigenvalue weighted by atomic mass is 127. The summed E-state index contributed by atoms with van der Waals surface area (Å²) < 4.78 is 2.32. The number of benzene rings is 2. The van der Waals surface area contributed by atoms with Crippen LogP contribution in [-0.2, 0) is 0 Å². The molecule has 21 heavy (non-hydrogen) atoms. The van der Waals surface area contributed by atoms with E-state index in [0.717, 1.165) is 12.7 Å². The third-order valence-electron chi connectivity index (χ3n) is 2.74. The van der Waals surface area contributed by atoms with Gasteiger partial charge in [-0.05, 0) is 93.6 Å². The van der Waals surface area contributed by atoms with E-state index >= 15 is 0 Å². The molecule has 0 aliphatic carbocycles. The molecule has 0 heterocycles. The van der Waals surface area contributed by atoms with E-state index in [9.17, 15) is 4.79 Å². The van der Waals surface area contributed by atoms with E-state index in [1.165, 1.54) is 17.7 Å². The summed E-state index contributed by atoms with van der Waals surface area (Å²) in [5.74, 6) is -0.602. The van der Waals surface area contributed by atoms with Crippen LogP contribution in [0.5, 0.6) is 5.75 Å². The van der Waals surface area contributed by atoms with Crippen LogP contribution >= 0.6 is 45.2 Å². The molecule has 0 aliphatic heterocycles. The Morgan fingerprint density at radius 3 is 2.52 bits per heavy atom. The van der Waals surface area contributed by atoms with Gasteiger partial charge in [-0.3, -0.25) is 0 Å². The van der Waals surface area contributed by atoms with Crippen LogP contribution in [0.15, 0.2) is 41.6 Å². The minimum atomic E-state index is -0.993. The number of carboxylic acid groups (broad SMARTS) is 1. The number of hydrogen-bond acceptors (Lipinski definition) is 3. The molecular weight excluding hydrogens is 496 g/mol. The molecule has 2 aromatic rings. The van der Waals surface area contributed by atoms with Gasteiger partial charge in [-0.2, -0.15) is 0 Å². The molecular formula is C15H11I2NO3. The van der Waals surface area contributed by atoms with E-state index < -0.39 is 5.97 Å². The van der Waals surface area contributed by atoms with Gasteiger partial charge in [-0.15, -0.1) is 0 Å². The lowest BCUT2D eigenvalue weighted by Gasteiger charge is -2.03. The van der Waals surface area contributed by atoms with Crippen LogP contribution < -0.4 is 4.84 Å². The van der Waals surface area contributed by atoms with Crippen molar-refractivity contribution in [2.45, 2.75) is 6.92 Å². The Labute approximate surface area is 149 Å². The fourth-order valence-electron chi connectivity index (χ4n) is 1.57. The Balaban J connectivity index is 2.12. The monoisotopic (exact) mass is 507 g/mol. The first-order valence-electron chi connectivity index (χ1n) is 5.97. The van der Waals surface area contributed by atoms with Crippen LogP contribution in [0.2, 0.25) is 0 Å². The standard InChI is InChI=1S/C15H11I2NO3/c1-9-13(16)5-10(6-14(9)17)8-18-21-12-4-2-3-11(7-12)15(19)20/h2-8H,1H3,(H,19,20)/b18-8-. The Morgan fingerprint density at radius 2 is 1.90 bits per heavy atom. The summed E-state index contributed by atoms with van der Waals surface area (Å²) in [6.07, 6.45) is 1.61. The summed E-state index contributed by atoms with van der Waals surface area (Å²) in [6, 6.07) is 10.2. The third-order valence-corrected chi connectivity index (χ3v) is 4.99. The van der Waals surface area contributed by atoms with E-state index in [0.29, 0.717) is 5.75 Å². The fraction of sp³-hybridized carbons (Fsp3) is 0.0667. The zero-order valence-electron chi connectivity index (χ0n) is 11.0. The van der Waals surface area contributed by atoms with Crippen molar-refractivity contribution in [3.05, 3.63) is 60.2 Å². The lowest BCUT2D eigenvalue weighted by molar-refractivity contribution is 0.0696. The molecule has 0 spiro atoms. The highest BCUT2D eigenvalue weighted by molar-refractivity contribution is 14.1. The van der Waals surface area contributed by atoms with Crippen molar-refractivity contribution in [3.8, 4) is 5.75 Å². The minimum Gasteiger partial charge on any atom is -0.478 e. The summed E-state index contributed by atoms with van der Waals surface area (Å²) in [5, 5.41) is 12.8. The molecule has 0 aromatic heterocycles. The van der Waals surface area contributed by atoms with Crippen LogP contribution in [0.25, 0.3) is 0 Å². The van der Waals surface area contributed by atoms with Crippen molar-refractivity contribution in [1.82, 2.24) is 0 Å². The lowest BCUT2D eigenvalue weighted by atomic mass is 10.2. The summed E-state index contributed by atoms with van der Waals surface area (Å²) >= 11 is 4.56. The zero-order chi connectivity index (χ0) is 15.4. The number of nitrogens with zero attached hydrogens (tertiary/aromatic N) is 1. The average Bonchev–Trinajstić information content (AvgIpc) is 2.45. The van der Waals surface area contributed by atoms with Gasteiger partial charge in [-0.1, -0.05) is 11.2 Å². The van der Waals surface area contributed by atoms with Crippen LogP contribution in [0, 0.1) is 14.1 Å². The van der Waals surface area contributed by atoms with Crippen LogP contribution in [-0.4, -0.2) is 17.3 Å². The molecule has 4 nitrogen and oxygen atoms in total. The smallest absolute Gasteiger partial charge is 0.335 e. The molecule has 0 bridgehead atoms. The Morgan fingerprint density at radius 1 is 1.24 bits per heavy atom. The fourth-order valence-corrected chi connectivity index (χ4v) is 3.39. The van der Waals surface area contributed by atoms with E-state index in [-0.39, 0.29) is 5.56 Å². The van der Waals surface area contributed by atoms with E-state index in [2.05, 4.69) is 57.3 Å². The molecule has 6 heteroatoms. The molecule has 1 N–H and O–H groups in total. The van der Waals surface area contributed by atoms with Crippen molar-refractivity contribution < 1.29 is 14.7 Å². The maximum absolute atomic E-state index is 10.9. The van der Waals surface area contributed by atoms with Gasteiger partial charge < -0.3 is 9.94 Å². The number of hydrogen-bond donors (Lipinski definition) is 1. The van der Waals surface area contributed by atoms with Crippen molar-refractivity contribution in [2.75, 3.05) is 0 Å². The van der Waals surface area contributed by atoms with Gasteiger partial charge >= 0.3 is 5.97 Å². The predicted molar refractivity (Wildman–Crippen MR) is 98.2 cm³/mol.